The van der Waals surface area contributed by atoms with Gasteiger partial charge in [-0.25, -0.2) is 0 Å². The van der Waals surface area contributed by atoms with Crippen LogP contribution in [0.4, 0.5) is 0 Å². The Bertz CT molecular complexity index is 550. The largest absolute Gasteiger partial charge is 2.00 e. The number of allylic oxidation sites excluding steroid dienone is 5. The van der Waals surface area contributed by atoms with Gasteiger partial charge in [-0.1, -0.05) is 20.6 Å². The fourth-order valence-corrected chi connectivity index (χ4v) is 1.28. The molecule has 0 aromatic rings. The number of rotatable bonds is 2. The predicted octanol–water partition coefficient (Wildman–Crippen LogP) is 2.85. The molecule has 30 heavy (non-hydrogen) atoms. The van der Waals surface area contributed by atoms with Gasteiger partial charge in [-0.2, -0.15) is 30.7 Å². The summed E-state index contributed by atoms with van der Waals surface area (Å²) < 4.78 is 5.01. The van der Waals surface area contributed by atoms with Gasteiger partial charge in [0.25, 0.3) is 0 Å². The first-order chi connectivity index (χ1) is 13.8. The van der Waals surface area contributed by atoms with Crippen molar-refractivity contribution in [2.45, 2.75) is 27.7 Å². The van der Waals surface area contributed by atoms with Crippen molar-refractivity contribution in [3.8, 4) is 0 Å². The number of nitrogens with zero attached hydrogens (tertiary/aromatic N) is 4. The van der Waals surface area contributed by atoms with Crippen molar-refractivity contribution < 1.29 is 42.3 Å². The van der Waals surface area contributed by atoms with Crippen LogP contribution in [0.2, 0.25) is 0 Å². The summed E-state index contributed by atoms with van der Waals surface area (Å²) in [6, 6.07) is 0. The zero-order chi connectivity index (χ0) is 22.5. The summed E-state index contributed by atoms with van der Waals surface area (Å²) in [5.74, 6) is 0. The first-order valence-corrected chi connectivity index (χ1v) is 8.74. The van der Waals surface area contributed by atoms with E-state index in [-0.39, 0.29) is 16.8 Å². The Hall–Kier alpha value is -2.60. The van der Waals surface area contributed by atoms with E-state index in [0.717, 1.165) is 31.9 Å². The topological polar surface area (TPSA) is 152 Å². The van der Waals surface area contributed by atoms with Crippen molar-refractivity contribution in [1.29, 1.82) is 0 Å². The molecule has 11 heteroatoms. The second kappa shape index (κ2) is 22.7. The van der Waals surface area contributed by atoms with Crippen LogP contribution in [0.3, 0.4) is 0 Å². The molecule has 0 unspecified atom stereocenters. The molecule has 1 aliphatic heterocycles. The van der Waals surface area contributed by atoms with Crippen LogP contribution in [0.15, 0.2) is 57.1 Å². The van der Waals surface area contributed by atoms with Gasteiger partial charge < -0.3 is 30.9 Å². The SMILES string of the molecule is C1COCCN1.C=C1C=C[CH-]C=C1.CC(=N\O)/C(C)=N/O.CC(=N\O)/C(C)=N/O.[Co+2]. The van der Waals surface area contributed by atoms with Gasteiger partial charge >= 0.3 is 16.8 Å². The molecule has 0 aromatic heterocycles. The number of morpholine rings is 1. The van der Waals surface area contributed by atoms with Gasteiger partial charge in [0.05, 0.1) is 13.2 Å². The first-order valence-electron chi connectivity index (χ1n) is 8.74. The Kier molecular flexibility index (Phi) is 24.3. The maximum Gasteiger partial charge on any atom is 2.00 e. The molecule has 10 nitrogen and oxygen atoms in total. The minimum absolute atomic E-state index is 0. The minimum Gasteiger partial charge on any atom is -0.411 e. The number of nitrogens with one attached hydrogen (secondary N) is 1. The van der Waals surface area contributed by atoms with E-state index in [2.05, 4.69) is 32.5 Å². The Morgan fingerprint density at radius 2 is 1.17 bits per heavy atom. The fraction of sp³-hybridized carbons (Fsp3) is 0.421. The van der Waals surface area contributed by atoms with Crippen molar-refractivity contribution >= 4 is 22.8 Å². The normalized spacial score (nSPS) is 16.3. The monoisotopic (exact) mass is 469 g/mol. The van der Waals surface area contributed by atoms with E-state index in [1.165, 1.54) is 27.7 Å². The Labute approximate surface area is 188 Å². The summed E-state index contributed by atoms with van der Waals surface area (Å²) in [6.07, 6.45) is 9.87. The van der Waals surface area contributed by atoms with Crippen LogP contribution in [-0.2, 0) is 21.5 Å². The summed E-state index contributed by atoms with van der Waals surface area (Å²) in [4.78, 5) is 0. The molecule has 1 saturated heterocycles. The number of hydrogen-bond donors (Lipinski definition) is 5. The minimum atomic E-state index is 0. The molecule has 1 fully saturated rings. The van der Waals surface area contributed by atoms with E-state index < -0.39 is 0 Å². The fourth-order valence-electron chi connectivity index (χ4n) is 1.28. The third-order valence-corrected chi connectivity index (χ3v) is 3.34. The first kappa shape index (κ1) is 32.1. The molecule has 0 atom stereocenters. The second-order valence-corrected chi connectivity index (χ2v) is 5.59. The van der Waals surface area contributed by atoms with Gasteiger partial charge in [-0.3, -0.25) is 0 Å². The average Bonchev–Trinajstić information content (AvgIpc) is 2.79. The summed E-state index contributed by atoms with van der Waals surface area (Å²) in [6.45, 7) is 13.7. The third-order valence-electron chi connectivity index (χ3n) is 3.34. The zero-order valence-corrected chi connectivity index (χ0v) is 18.8. The number of oxime groups is 4. The molecule has 1 radical (unpaired) electrons. The van der Waals surface area contributed by atoms with Gasteiger partial charge in [0, 0.05) is 13.1 Å². The van der Waals surface area contributed by atoms with Crippen molar-refractivity contribution in [3.63, 3.8) is 0 Å². The van der Waals surface area contributed by atoms with Crippen LogP contribution in [0.5, 0.6) is 0 Å². The predicted molar refractivity (Wildman–Crippen MR) is 115 cm³/mol. The number of ether oxygens (including phenoxy) is 1. The second-order valence-electron chi connectivity index (χ2n) is 5.59. The van der Waals surface area contributed by atoms with Crippen molar-refractivity contribution in [3.05, 3.63) is 42.9 Å². The van der Waals surface area contributed by atoms with E-state index in [1.54, 1.807) is 0 Å². The van der Waals surface area contributed by atoms with E-state index in [9.17, 15) is 0 Å². The average molecular weight is 469 g/mol. The maximum atomic E-state index is 8.03. The molecule has 0 aromatic carbocycles. The van der Waals surface area contributed by atoms with Gasteiger partial charge in [-0.15, -0.1) is 12.2 Å². The molecule has 0 bridgehead atoms. The van der Waals surface area contributed by atoms with Crippen molar-refractivity contribution in [1.82, 2.24) is 5.32 Å². The Morgan fingerprint density at radius 3 is 1.30 bits per heavy atom. The molecule has 0 spiro atoms. The molecule has 2 aliphatic rings. The standard InChI is InChI=1S/C7H7.2C4H8N2O2.C4H9NO.Co/c1-7-5-3-2-4-6-7;2*1-3(5-7)4(2)6-8;1-3-6-4-2-5-1;/h2-6H,1H2;2*7-8H,1-2H3;5H,1-4H2;/q-1;;;;+2/b;2*5-3+,6-4+;;. The molecule has 0 amide bonds. The van der Waals surface area contributed by atoms with E-state index in [0.29, 0.717) is 22.8 Å². The van der Waals surface area contributed by atoms with Crippen LogP contribution in [0.25, 0.3) is 0 Å². The molecule has 1 aliphatic carbocycles. The van der Waals surface area contributed by atoms with E-state index >= 15 is 0 Å². The van der Waals surface area contributed by atoms with Crippen LogP contribution >= 0.6 is 0 Å². The van der Waals surface area contributed by atoms with Crippen LogP contribution in [0, 0.1) is 6.42 Å². The van der Waals surface area contributed by atoms with E-state index in [1.807, 2.05) is 30.7 Å². The third kappa shape index (κ3) is 20.1. The molecule has 5 N–H and O–H groups in total. The van der Waals surface area contributed by atoms with Crippen molar-refractivity contribution in [2.24, 2.45) is 20.6 Å². The molecule has 0 saturated carbocycles. The summed E-state index contributed by atoms with van der Waals surface area (Å²) in [5, 5.41) is 46.4. The van der Waals surface area contributed by atoms with Gasteiger partial charge in [0.2, 0.25) is 0 Å². The summed E-state index contributed by atoms with van der Waals surface area (Å²) >= 11 is 0. The van der Waals surface area contributed by atoms with Crippen LogP contribution in [0.1, 0.15) is 27.7 Å². The molecule has 171 valence electrons. The zero-order valence-electron chi connectivity index (χ0n) is 17.7. The van der Waals surface area contributed by atoms with Crippen molar-refractivity contribution in [2.75, 3.05) is 26.3 Å². The number of hydrogen-bond acceptors (Lipinski definition) is 10. The Balaban J connectivity index is -0.000000321. The summed E-state index contributed by atoms with van der Waals surface area (Å²) in [5.41, 5.74) is 2.32. The maximum absolute atomic E-state index is 8.03. The quantitative estimate of drug-likeness (QED) is 0.182. The van der Waals surface area contributed by atoms with E-state index in [4.69, 9.17) is 25.6 Å². The van der Waals surface area contributed by atoms with Gasteiger partial charge in [0.15, 0.2) is 0 Å². The Morgan fingerprint density at radius 1 is 0.833 bits per heavy atom. The van der Waals surface area contributed by atoms with Gasteiger partial charge in [0.1, 0.15) is 22.8 Å². The summed E-state index contributed by atoms with van der Waals surface area (Å²) in [7, 11) is 0. The van der Waals surface area contributed by atoms with Gasteiger partial charge in [-0.05, 0) is 27.7 Å². The molecule has 2 rings (SSSR count). The van der Waals surface area contributed by atoms with Crippen LogP contribution in [-0.4, -0.2) is 70.0 Å². The smallest absolute Gasteiger partial charge is 0.411 e. The molecular formula is C19H32CoN5O5+. The molecule has 1 heterocycles. The molecular weight excluding hydrogens is 437 g/mol. The van der Waals surface area contributed by atoms with Crippen LogP contribution < -0.4 is 5.32 Å².